The highest BCUT2D eigenvalue weighted by Crippen LogP contribution is 2.37. The van der Waals surface area contributed by atoms with Gasteiger partial charge in [0.15, 0.2) is 11.5 Å². The number of carbonyl (C=O) groups excluding carboxylic acids is 2. The molecule has 7 rings (SSSR count). The number of nitrogens with one attached hydrogen (secondary N) is 1. The van der Waals surface area contributed by atoms with Crippen molar-refractivity contribution in [3.05, 3.63) is 108 Å². The van der Waals surface area contributed by atoms with Gasteiger partial charge in [-0.25, -0.2) is 9.07 Å². The number of para-hydroxylation sites is 1. The third-order valence-electron chi connectivity index (χ3n) is 8.11. The van der Waals surface area contributed by atoms with Gasteiger partial charge in [-0.2, -0.15) is 0 Å². The Labute approximate surface area is 264 Å². The van der Waals surface area contributed by atoms with Crippen LogP contribution in [0.2, 0.25) is 0 Å². The molecule has 4 aromatic carbocycles. The van der Waals surface area contributed by atoms with Crippen LogP contribution in [-0.4, -0.2) is 64.8 Å². The second-order valence-electron chi connectivity index (χ2n) is 11.0. The molecular weight excluding hydrogens is 591 g/mol. The molecule has 46 heavy (non-hydrogen) atoms. The molecule has 12 heteroatoms. The van der Waals surface area contributed by atoms with Gasteiger partial charge in [0, 0.05) is 36.6 Å². The summed E-state index contributed by atoms with van der Waals surface area (Å²) in [5.74, 6) is -0.450. The SMILES string of the molecule is O=C(Nc1ccc(N2CCOCC2)cc1)[C@H](c1ccc2c(c1)OCO2)N(Cc1ccccc1F)C(=O)Cn1nnc2ccccc21. The highest BCUT2D eigenvalue weighted by Gasteiger charge is 2.34. The minimum atomic E-state index is -1.17. The average Bonchev–Trinajstić information content (AvgIpc) is 3.73. The summed E-state index contributed by atoms with van der Waals surface area (Å²) in [6.45, 7) is 2.52. The summed E-state index contributed by atoms with van der Waals surface area (Å²) in [5, 5.41) is 11.3. The van der Waals surface area contributed by atoms with Crippen molar-refractivity contribution >= 4 is 34.2 Å². The van der Waals surface area contributed by atoms with Crippen LogP contribution in [0.3, 0.4) is 0 Å². The van der Waals surface area contributed by atoms with Crippen molar-refractivity contribution < 1.29 is 28.2 Å². The fourth-order valence-corrected chi connectivity index (χ4v) is 5.73. The first-order valence-electron chi connectivity index (χ1n) is 15.0. The molecule has 1 saturated heterocycles. The Morgan fingerprint density at radius 1 is 0.913 bits per heavy atom. The summed E-state index contributed by atoms with van der Waals surface area (Å²) in [5.41, 5.74) is 3.58. The van der Waals surface area contributed by atoms with Gasteiger partial charge in [-0.05, 0) is 60.2 Å². The number of hydrogen-bond donors (Lipinski definition) is 1. The third-order valence-corrected chi connectivity index (χ3v) is 8.11. The number of hydrogen-bond acceptors (Lipinski definition) is 8. The van der Waals surface area contributed by atoms with E-state index < -0.39 is 23.7 Å². The van der Waals surface area contributed by atoms with Crippen LogP contribution in [0, 0.1) is 5.82 Å². The standard InChI is InChI=1S/C34H31FN6O5/c35-27-6-2-1-5-24(27)20-40(32(42)21-41-29-8-4-3-7-28(29)37-38-41)33(23-9-14-30-31(19-23)46-22-45-30)34(43)36-25-10-12-26(13-11-25)39-15-17-44-18-16-39/h1-14,19,33H,15-18,20-22H2,(H,36,43)/t33-/m0/s1. The van der Waals surface area contributed by atoms with Gasteiger partial charge in [0.05, 0.1) is 18.7 Å². The molecule has 5 aromatic rings. The molecule has 0 aliphatic carbocycles. The van der Waals surface area contributed by atoms with Crippen LogP contribution in [0.1, 0.15) is 17.2 Å². The molecule has 1 atom stereocenters. The van der Waals surface area contributed by atoms with Gasteiger partial charge < -0.3 is 29.3 Å². The number of morpholine rings is 1. The summed E-state index contributed by atoms with van der Waals surface area (Å²) in [7, 11) is 0. The molecule has 2 aliphatic rings. The van der Waals surface area contributed by atoms with Gasteiger partial charge in [-0.1, -0.05) is 41.6 Å². The minimum Gasteiger partial charge on any atom is -0.454 e. The molecule has 1 N–H and O–H groups in total. The Bertz CT molecular complexity index is 1870. The van der Waals surface area contributed by atoms with E-state index >= 15 is 4.39 Å². The molecule has 3 heterocycles. The summed E-state index contributed by atoms with van der Waals surface area (Å²) in [6, 6.07) is 24.9. The van der Waals surface area contributed by atoms with Crippen molar-refractivity contribution in [3.63, 3.8) is 0 Å². The summed E-state index contributed by atoms with van der Waals surface area (Å²) >= 11 is 0. The van der Waals surface area contributed by atoms with Crippen molar-refractivity contribution in [1.29, 1.82) is 0 Å². The normalized spacial score (nSPS) is 14.7. The number of benzene rings is 4. The Hall–Kier alpha value is -5.49. The maximum absolute atomic E-state index is 15.1. The van der Waals surface area contributed by atoms with Crippen molar-refractivity contribution in [3.8, 4) is 11.5 Å². The van der Waals surface area contributed by atoms with Crippen LogP contribution in [0.4, 0.5) is 15.8 Å². The average molecular weight is 623 g/mol. The second kappa shape index (κ2) is 12.9. The highest BCUT2D eigenvalue weighted by atomic mass is 19.1. The van der Waals surface area contributed by atoms with Crippen LogP contribution in [0.5, 0.6) is 11.5 Å². The lowest BCUT2D eigenvalue weighted by Gasteiger charge is -2.32. The maximum atomic E-state index is 15.1. The van der Waals surface area contributed by atoms with Crippen LogP contribution in [0.15, 0.2) is 91.0 Å². The molecule has 0 radical (unpaired) electrons. The summed E-state index contributed by atoms with van der Waals surface area (Å²) in [4.78, 5) is 32.1. The van der Waals surface area contributed by atoms with Gasteiger partial charge in [-0.3, -0.25) is 9.59 Å². The lowest BCUT2D eigenvalue weighted by atomic mass is 10.0. The first kappa shape index (κ1) is 29.2. The number of aromatic nitrogens is 3. The van der Waals surface area contributed by atoms with E-state index in [9.17, 15) is 9.59 Å². The van der Waals surface area contributed by atoms with Crippen LogP contribution < -0.4 is 19.7 Å². The van der Waals surface area contributed by atoms with Gasteiger partial charge in [0.25, 0.3) is 5.91 Å². The van der Waals surface area contributed by atoms with Crippen LogP contribution in [-0.2, 0) is 27.4 Å². The molecule has 0 spiro atoms. The molecule has 0 saturated carbocycles. The smallest absolute Gasteiger partial charge is 0.251 e. The van der Waals surface area contributed by atoms with E-state index in [-0.39, 0.29) is 25.4 Å². The third kappa shape index (κ3) is 6.07. The Kier molecular flexibility index (Phi) is 8.17. The first-order chi connectivity index (χ1) is 22.5. The lowest BCUT2D eigenvalue weighted by molar-refractivity contribution is -0.140. The predicted octanol–water partition coefficient (Wildman–Crippen LogP) is 4.54. The molecule has 1 aromatic heterocycles. The van der Waals surface area contributed by atoms with E-state index in [1.165, 1.54) is 15.6 Å². The first-order valence-corrected chi connectivity index (χ1v) is 15.0. The van der Waals surface area contributed by atoms with E-state index in [0.29, 0.717) is 47.0 Å². The zero-order valence-electron chi connectivity index (χ0n) is 24.8. The molecule has 0 unspecified atom stereocenters. The van der Waals surface area contributed by atoms with Crippen molar-refractivity contribution in [2.75, 3.05) is 43.3 Å². The van der Waals surface area contributed by atoms with Crippen molar-refractivity contribution in [2.24, 2.45) is 0 Å². The second-order valence-corrected chi connectivity index (χ2v) is 11.0. The van der Waals surface area contributed by atoms with E-state index in [2.05, 4.69) is 20.5 Å². The van der Waals surface area contributed by atoms with Gasteiger partial charge in [0.1, 0.15) is 23.9 Å². The molecule has 2 amide bonds. The largest absolute Gasteiger partial charge is 0.454 e. The van der Waals surface area contributed by atoms with Gasteiger partial charge >= 0.3 is 0 Å². The quantitative estimate of drug-likeness (QED) is 0.255. The molecule has 234 valence electrons. The Morgan fingerprint density at radius 3 is 2.50 bits per heavy atom. The summed E-state index contributed by atoms with van der Waals surface area (Å²) < 4.78 is 33.1. The lowest BCUT2D eigenvalue weighted by Crippen LogP contribution is -2.42. The number of halogens is 1. The monoisotopic (exact) mass is 622 g/mol. The van der Waals surface area contributed by atoms with E-state index in [0.717, 1.165) is 18.8 Å². The Morgan fingerprint density at radius 2 is 1.67 bits per heavy atom. The zero-order chi connectivity index (χ0) is 31.5. The van der Waals surface area contributed by atoms with Gasteiger partial charge in [0.2, 0.25) is 12.7 Å². The van der Waals surface area contributed by atoms with Gasteiger partial charge in [-0.15, -0.1) is 5.10 Å². The number of carbonyl (C=O) groups is 2. The number of ether oxygens (including phenoxy) is 3. The number of anilines is 2. The fraction of sp³-hybridized carbons (Fsp3) is 0.235. The van der Waals surface area contributed by atoms with Crippen LogP contribution >= 0.6 is 0 Å². The molecule has 2 aliphatic heterocycles. The number of rotatable bonds is 9. The molecule has 11 nitrogen and oxygen atoms in total. The Balaban J connectivity index is 1.25. The molecule has 1 fully saturated rings. The number of nitrogens with zero attached hydrogens (tertiary/aromatic N) is 5. The van der Waals surface area contributed by atoms with Crippen molar-refractivity contribution in [1.82, 2.24) is 19.9 Å². The molecular formula is C34H31FN6O5. The summed E-state index contributed by atoms with van der Waals surface area (Å²) in [6.07, 6.45) is 0. The fourth-order valence-electron chi connectivity index (χ4n) is 5.73. The topological polar surface area (TPSA) is 111 Å². The highest BCUT2D eigenvalue weighted by molar-refractivity contribution is 5.98. The predicted molar refractivity (Wildman–Crippen MR) is 168 cm³/mol. The van der Waals surface area contributed by atoms with E-state index in [1.54, 1.807) is 42.5 Å². The van der Waals surface area contributed by atoms with Crippen molar-refractivity contribution in [2.45, 2.75) is 19.1 Å². The van der Waals surface area contributed by atoms with E-state index in [1.807, 2.05) is 42.5 Å². The maximum Gasteiger partial charge on any atom is 0.251 e. The van der Waals surface area contributed by atoms with Crippen LogP contribution in [0.25, 0.3) is 11.0 Å². The molecule has 0 bridgehead atoms. The number of amides is 2. The minimum absolute atomic E-state index is 0.0440. The zero-order valence-corrected chi connectivity index (χ0v) is 24.8. The number of fused-ring (bicyclic) bond motifs is 2. The van der Waals surface area contributed by atoms with E-state index in [4.69, 9.17) is 14.2 Å².